The molecule has 1 saturated heterocycles. The van der Waals surface area contributed by atoms with Crippen LogP contribution in [0.5, 0.6) is 0 Å². The van der Waals surface area contributed by atoms with Gasteiger partial charge in [-0.25, -0.2) is 13.2 Å². The Morgan fingerprint density at radius 1 is 1.47 bits per heavy atom. The summed E-state index contributed by atoms with van der Waals surface area (Å²) >= 11 is 0. The first kappa shape index (κ1) is 14.0. The first-order valence-corrected chi connectivity index (χ1v) is 7.96. The van der Waals surface area contributed by atoms with Gasteiger partial charge in [0.15, 0.2) is 9.84 Å². The highest BCUT2D eigenvalue weighted by Crippen LogP contribution is 2.16. The zero-order valence-electron chi connectivity index (χ0n) is 10.7. The van der Waals surface area contributed by atoms with E-state index in [0.717, 1.165) is 5.56 Å². The Labute approximate surface area is 112 Å². The molecule has 6 heteroatoms. The number of aromatic carboxylic acids is 1. The Hall–Kier alpha value is -1.40. The van der Waals surface area contributed by atoms with Crippen LogP contribution in [0.25, 0.3) is 0 Å². The molecule has 1 fully saturated rings. The summed E-state index contributed by atoms with van der Waals surface area (Å²) in [6.07, 6.45) is 0. The van der Waals surface area contributed by atoms with Crippen molar-refractivity contribution in [3.63, 3.8) is 0 Å². The average molecular weight is 283 g/mol. The van der Waals surface area contributed by atoms with E-state index in [1.54, 1.807) is 18.2 Å². The van der Waals surface area contributed by atoms with Crippen LogP contribution in [0, 0.1) is 0 Å². The van der Waals surface area contributed by atoms with Gasteiger partial charge in [0.05, 0.1) is 17.1 Å². The molecule has 0 aliphatic carbocycles. The summed E-state index contributed by atoms with van der Waals surface area (Å²) in [7, 11) is -2.91. The number of hydrogen-bond acceptors (Lipinski definition) is 4. The van der Waals surface area contributed by atoms with E-state index in [-0.39, 0.29) is 23.1 Å². The molecule has 0 saturated carbocycles. The number of hydrogen-bond donors (Lipinski definition) is 1. The number of sulfone groups is 1. The van der Waals surface area contributed by atoms with E-state index in [0.29, 0.717) is 13.1 Å². The Bertz CT molecular complexity index is 582. The van der Waals surface area contributed by atoms with E-state index in [1.807, 2.05) is 13.0 Å². The van der Waals surface area contributed by atoms with Crippen molar-refractivity contribution in [3.05, 3.63) is 35.4 Å². The molecule has 0 bridgehead atoms. The second kappa shape index (κ2) is 5.30. The molecule has 1 aromatic carbocycles. The Morgan fingerprint density at radius 3 is 2.84 bits per heavy atom. The van der Waals surface area contributed by atoms with Gasteiger partial charge in [-0.15, -0.1) is 0 Å². The maximum absolute atomic E-state index is 11.5. The maximum atomic E-state index is 11.5. The molecule has 5 nitrogen and oxygen atoms in total. The van der Waals surface area contributed by atoms with E-state index in [4.69, 9.17) is 5.11 Å². The summed E-state index contributed by atoms with van der Waals surface area (Å²) in [5.74, 6) is -0.599. The first-order chi connectivity index (χ1) is 8.87. The maximum Gasteiger partial charge on any atom is 0.335 e. The van der Waals surface area contributed by atoms with Crippen molar-refractivity contribution < 1.29 is 18.3 Å². The fraction of sp³-hybridized carbons (Fsp3) is 0.462. The van der Waals surface area contributed by atoms with Gasteiger partial charge in [0, 0.05) is 19.1 Å². The number of nitrogens with zero attached hydrogens (tertiary/aromatic N) is 1. The molecular weight excluding hydrogens is 266 g/mol. The summed E-state index contributed by atoms with van der Waals surface area (Å²) in [4.78, 5) is 13.0. The second-order valence-electron chi connectivity index (χ2n) is 4.94. The molecule has 1 aliphatic rings. The van der Waals surface area contributed by atoms with Crippen LogP contribution >= 0.6 is 0 Å². The van der Waals surface area contributed by atoms with Crippen LogP contribution in [0.4, 0.5) is 0 Å². The van der Waals surface area contributed by atoms with Crippen molar-refractivity contribution in [1.29, 1.82) is 0 Å². The monoisotopic (exact) mass is 283 g/mol. The van der Waals surface area contributed by atoms with Crippen molar-refractivity contribution >= 4 is 15.8 Å². The van der Waals surface area contributed by atoms with Gasteiger partial charge in [0.25, 0.3) is 0 Å². The molecule has 1 aliphatic heterocycles. The molecule has 0 aromatic heterocycles. The highest BCUT2D eigenvalue weighted by molar-refractivity contribution is 7.91. The number of carbonyl (C=O) groups is 1. The number of benzene rings is 1. The molecule has 104 valence electrons. The van der Waals surface area contributed by atoms with Gasteiger partial charge in [0.2, 0.25) is 0 Å². The minimum Gasteiger partial charge on any atom is -0.478 e. The molecule has 19 heavy (non-hydrogen) atoms. The molecular formula is C13H17NO4S. The van der Waals surface area contributed by atoms with E-state index >= 15 is 0 Å². The van der Waals surface area contributed by atoms with Gasteiger partial charge < -0.3 is 5.11 Å². The van der Waals surface area contributed by atoms with Gasteiger partial charge in [0.1, 0.15) is 0 Å². The lowest BCUT2D eigenvalue weighted by molar-refractivity contribution is 0.0696. The fourth-order valence-electron chi connectivity index (χ4n) is 2.31. The molecule has 0 radical (unpaired) electrons. The van der Waals surface area contributed by atoms with Crippen molar-refractivity contribution in [2.24, 2.45) is 0 Å². The first-order valence-electron chi connectivity index (χ1n) is 6.14. The lowest BCUT2D eigenvalue weighted by Gasteiger charge is -2.33. The van der Waals surface area contributed by atoms with Gasteiger partial charge in [-0.1, -0.05) is 12.1 Å². The van der Waals surface area contributed by atoms with Crippen LogP contribution in [-0.2, 0) is 16.4 Å². The lowest BCUT2D eigenvalue weighted by atomic mass is 10.1. The standard InChI is InChI=1S/C13H17NO4S/c1-10-9-19(17,18)6-5-14(10)8-11-3-2-4-12(7-11)13(15)16/h2-4,7,10H,5-6,8-9H2,1H3,(H,15,16). The van der Waals surface area contributed by atoms with Crippen LogP contribution < -0.4 is 0 Å². The molecule has 0 amide bonds. The fourth-order valence-corrected chi connectivity index (χ4v) is 3.93. The van der Waals surface area contributed by atoms with Crippen molar-refractivity contribution in [1.82, 2.24) is 4.90 Å². The Balaban J connectivity index is 2.09. The summed E-state index contributed by atoms with van der Waals surface area (Å²) in [6.45, 7) is 2.97. The van der Waals surface area contributed by atoms with E-state index < -0.39 is 15.8 Å². The molecule has 1 aromatic rings. The zero-order chi connectivity index (χ0) is 14.0. The lowest BCUT2D eigenvalue weighted by Crippen LogP contribution is -2.46. The van der Waals surface area contributed by atoms with Crippen molar-refractivity contribution in [2.75, 3.05) is 18.1 Å². The molecule has 1 unspecified atom stereocenters. The van der Waals surface area contributed by atoms with Gasteiger partial charge in [-0.05, 0) is 24.6 Å². The van der Waals surface area contributed by atoms with Crippen LogP contribution in [0.1, 0.15) is 22.8 Å². The SMILES string of the molecule is CC1CS(=O)(=O)CCN1Cc1cccc(C(=O)O)c1. The van der Waals surface area contributed by atoms with Crippen LogP contribution in [-0.4, -0.2) is 48.5 Å². The molecule has 1 heterocycles. The number of carboxylic acid groups (broad SMARTS) is 1. The molecule has 1 atom stereocenters. The summed E-state index contributed by atoms with van der Waals surface area (Å²) in [6, 6.07) is 6.73. The van der Waals surface area contributed by atoms with Gasteiger partial charge in [-0.2, -0.15) is 0 Å². The summed E-state index contributed by atoms with van der Waals surface area (Å²) < 4.78 is 23.0. The van der Waals surface area contributed by atoms with E-state index in [9.17, 15) is 13.2 Å². The van der Waals surface area contributed by atoms with Gasteiger partial charge in [-0.3, -0.25) is 4.90 Å². The van der Waals surface area contributed by atoms with Crippen molar-refractivity contribution in [3.8, 4) is 0 Å². The predicted molar refractivity (Wildman–Crippen MR) is 71.9 cm³/mol. The molecule has 2 rings (SSSR count). The summed E-state index contributed by atoms with van der Waals surface area (Å²) in [5.41, 5.74) is 1.15. The third kappa shape index (κ3) is 3.54. The third-order valence-corrected chi connectivity index (χ3v) is 5.16. The molecule has 0 spiro atoms. The normalized spacial score (nSPS) is 23.1. The topological polar surface area (TPSA) is 74.7 Å². The van der Waals surface area contributed by atoms with E-state index in [2.05, 4.69) is 4.90 Å². The number of rotatable bonds is 3. The van der Waals surface area contributed by atoms with Crippen LogP contribution in [0.3, 0.4) is 0 Å². The highest BCUT2D eigenvalue weighted by atomic mass is 32.2. The number of carboxylic acids is 1. The minimum absolute atomic E-state index is 0.0350. The second-order valence-corrected chi connectivity index (χ2v) is 7.17. The minimum atomic E-state index is -2.91. The average Bonchev–Trinajstić information content (AvgIpc) is 2.32. The Morgan fingerprint density at radius 2 is 2.21 bits per heavy atom. The predicted octanol–water partition coefficient (Wildman–Crippen LogP) is 1.00. The quantitative estimate of drug-likeness (QED) is 0.896. The largest absolute Gasteiger partial charge is 0.478 e. The Kier molecular flexibility index (Phi) is 3.91. The highest BCUT2D eigenvalue weighted by Gasteiger charge is 2.27. The third-order valence-electron chi connectivity index (χ3n) is 3.37. The summed E-state index contributed by atoms with van der Waals surface area (Å²) in [5, 5.41) is 8.94. The molecule has 1 N–H and O–H groups in total. The van der Waals surface area contributed by atoms with Crippen LogP contribution in [0.2, 0.25) is 0 Å². The smallest absolute Gasteiger partial charge is 0.335 e. The van der Waals surface area contributed by atoms with Crippen molar-refractivity contribution in [2.45, 2.75) is 19.5 Å². The van der Waals surface area contributed by atoms with Gasteiger partial charge >= 0.3 is 5.97 Å². The van der Waals surface area contributed by atoms with E-state index in [1.165, 1.54) is 0 Å². The van der Waals surface area contributed by atoms with Crippen LogP contribution in [0.15, 0.2) is 24.3 Å². The zero-order valence-corrected chi connectivity index (χ0v) is 11.6.